The number of carbonyl (C=O) groups is 1. The number of nitrogens with zero attached hydrogens (tertiary/aromatic N) is 2. The molecule has 104 valence electrons. The third-order valence-corrected chi connectivity index (χ3v) is 3.68. The molecule has 1 aliphatic heterocycles. The van der Waals surface area contributed by atoms with Crippen LogP contribution in [-0.2, 0) is 0 Å². The van der Waals surface area contributed by atoms with Crippen molar-refractivity contribution in [3.05, 3.63) is 29.3 Å². The van der Waals surface area contributed by atoms with Gasteiger partial charge < -0.3 is 10.6 Å². The maximum Gasteiger partial charge on any atom is 0.254 e. The van der Waals surface area contributed by atoms with E-state index in [4.69, 9.17) is 5.73 Å². The number of rotatable bonds is 2. The van der Waals surface area contributed by atoms with Gasteiger partial charge in [-0.1, -0.05) is 0 Å². The highest BCUT2D eigenvalue weighted by atomic mass is 16.2. The van der Waals surface area contributed by atoms with Crippen LogP contribution < -0.4 is 5.73 Å². The number of anilines is 1. The van der Waals surface area contributed by atoms with E-state index in [1.54, 1.807) is 6.07 Å². The zero-order valence-corrected chi connectivity index (χ0v) is 12.0. The third kappa shape index (κ3) is 3.26. The molecular formula is C15H23N3O. The fourth-order valence-corrected chi connectivity index (χ4v) is 2.56. The van der Waals surface area contributed by atoms with Crippen molar-refractivity contribution in [3.63, 3.8) is 0 Å². The Labute approximate surface area is 115 Å². The zero-order chi connectivity index (χ0) is 14.0. The summed E-state index contributed by atoms with van der Waals surface area (Å²) in [4.78, 5) is 16.8. The predicted molar refractivity (Wildman–Crippen MR) is 78.2 cm³/mol. The van der Waals surface area contributed by atoms with Gasteiger partial charge in [0.25, 0.3) is 5.91 Å². The van der Waals surface area contributed by atoms with Crippen molar-refractivity contribution in [3.8, 4) is 0 Å². The number of benzene rings is 1. The molecule has 0 aromatic heterocycles. The molecule has 4 heteroatoms. The SMILES string of the molecule is Cc1cc(N)cc(C(=O)N2CCN(C(C)C)CC2)c1. The molecule has 1 amide bonds. The zero-order valence-electron chi connectivity index (χ0n) is 12.0. The maximum atomic E-state index is 12.4. The summed E-state index contributed by atoms with van der Waals surface area (Å²) in [5.74, 6) is 0.0961. The van der Waals surface area contributed by atoms with Crippen LogP contribution in [0, 0.1) is 6.92 Å². The van der Waals surface area contributed by atoms with Crippen molar-refractivity contribution in [1.29, 1.82) is 0 Å². The van der Waals surface area contributed by atoms with Crippen molar-refractivity contribution in [1.82, 2.24) is 9.80 Å². The molecule has 0 aliphatic carbocycles. The van der Waals surface area contributed by atoms with Crippen LogP contribution >= 0.6 is 0 Å². The second-order valence-electron chi connectivity index (χ2n) is 5.55. The lowest BCUT2D eigenvalue weighted by Crippen LogP contribution is -2.50. The smallest absolute Gasteiger partial charge is 0.254 e. The maximum absolute atomic E-state index is 12.4. The molecular weight excluding hydrogens is 238 g/mol. The molecule has 0 radical (unpaired) electrons. The van der Waals surface area contributed by atoms with Gasteiger partial charge in [0, 0.05) is 43.5 Å². The van der Waals surface area contributed by atoms with Gasteiger partial charge in [0.2, 0.25) is 0 Å². The summed E-state index contributed by atoms with van der Waals surface area (Å²) in [5.41, 5.74) is 8.20. The van der Waals surface area contributed by atoms with E-state index in [1.807, 2.05) is 24.0 Å². The number of nitrogen functional groups attached to an aromatic ring is 1. The minimum absolute atomic E-state index is 0.0961. The number of hydrogen-bond acceptors (Lipinski definition) is 3. The molecule has 1 heterocycles. The van der Waals surface area contributed by atoms with Gasteiger partial charge in [-0.3, -0.25) is 9.69 Å². The van der Waals surface area contributed by atoms with Crippen molar-refractivity contribution in [2.75, 3.05) is 31.9 Å². The molecule has 4 nitrogen and oxygen atoms in total. The van der Waals surface area contributed by atoms with Gasteiger partial charge in [-0.15, -0.1) is 0 Å². The van der Waals surface area contributed by atoms with E-state index < -0.39 is 0 Å². The molecule has 1 saturated heterocycles. The molecule has 0 unspecified atom stereocenters. The molecule has 1 aliphatic rings. The minimum atomic E-state index is 0.0961. The molecule has 1 aromatic carbocycles. The Morgan fingerprint density at radius 3 is 2.32 bits per heavy atom. The monoisotopic (exact) mass is 261 g/mol. The van der Waals surface area contributed by atoms with E-state index in [9.17, 15) is 4.79 Å². The van der Waals surface area contributed by atoms with Crippen molar-refractivity contribution in [2.24, 2.45) is 0 Å². The van der Waals surface area contributed by atoms with Crippen LogP contribution in [0.15, 0.2) is 18.2 Å². The molecule has 0 bridgehead atoms. The lowest BCUT2D eigenvalue weighted by molar-refractivity contribution is 0.0595. The Bertz CT molecular complexity index is 442. The summed E-state index contributed by atoms with van der Waals surface area (Å²) in [7, 11) is 0. The van der Waals surface area contributed by atoms with Gasteiger partial charge in [-0.25, -0.2) is 0 Å². The highest BCUT2D eigenvalue weighted by molar-refractivity contribution is 5.95. The highest BCUT2D eigenvalue weighted by Gasteiger charge is 2.23. The molecule has 19 heavy (non-hydrogen) atoms. The summed E-state index contributed by atoms with van der Waals surface area (Å²) < 4.78 is 0. The van der Waals surface area contributed by atoms with Crippen LogP contribution in [0.25, 0.3) is 0 Å². The van der Waals surface area contributed by atoms with E-state index in [0.29, 0.717) is 17.3 Å². The summed E-state index contributed by atoms with van der Waals surface area (Å²) in [6, 6.07) is 6.11. The van der Waals surface area contributed by atoms with Crippen LogP contribution in [0.1, 0.15) is 29.8 Å². The minimum Gasteiger partial charge on any atom is -0.399 e. The lowest BCUT2D eigenvalue weighted by atomic mass is 10.1. The summed E-state index contributed by atoms with van der Waals surface area (Å²) in [6.45, 7) is 9.84. The largest absolute Gasteiger partial charge is 0.399 e. The molecule has 1 fully saturated rings. The Morgan fingerprint density at radius 1 is 1.16 bits per heavy atom. The van der Waals surface area contributed by atoms with Crippen LogP contribution in [0.2, 0.25) is 0 Å². The van der Waals surface area contributed by atoms with E-state index in [0.717, 1.165) is 31.7 Å². The first-order valence-corrected chi connectivity index (χ1v) is 6.88. The normalized spacial score (nSPS) is 16.9. The highest BCUT2D eigenvalue weighted by Crippen LogP contribution is 2.15. The number of carbonyl (C=O) groups excluding carboxylic acids is 1. The van der Waals surface area contributed by atoms with Crippen LogP contribution in [0.4, 0.5) is 5.69 Å². The van der Waals surface area contributed by atoms with E-state index in [2.05, 4.69) is 18.7 Å². The number of nitrogens with two attached hydrogens (primary N) is 1. The Morgan fingerprint density at radius 2 is 1.79 bits per heavy atom. The topological polar surface area (TPSA) is 49.6 Å². The fourth-order valence-electron chi connectivity index (χ4n) is 2.56. The van der Waals surface area contributed by atoms with Crippen molar-refractivity contribution in [2.45, 2.75) is 26.8 Å². The number of piperazine rings is 1. The van der Waals surface area contributed by atoms with Gasteiger partial charge in [0.1, 0.15) is 0 Å². The van der Waals surface area contributed by atoms with E-state index in [-0.39, 0.29) is 5.91 Å². The van der Waals surface area contributed by atoms with Gasteiger partial charge >= 0.3 is 0 Å². The summed E-state index contributed by atoms with van der Waals surface area (Å²) in [5, 5.41) is 0. The van der Waals surface area contributed by atoms with Gasteiger partial charge in [-0.2, -0.15) is 0 Å². The number of hydrogen-bond donors (Lipinski definition) is 1. The Kier molecular flexibility index (Phi) is 4.10. The van der Waals surface area contributed by atoms with Crippen LogP contribution in [-0.4, -0.2) is 47.9 Å². The van der Waals surface area contributed by atoms with Gasteiger partial charge in [0.05, 0.1) is 0 Å². The van der Waals surface area contributed by atoms with Crippen LogP contribution in [0.3, 0.4) is 0 Å². The van der Waals surface area contributed by atoms with E-state index in [1.165, 1.54) is 0 Å². The predicted octanol–water partition coefficient (Wildman–Crippen LogP) is 1.74. The molecule has 1 aromatic rings. The summed E-state index contributed by atoms with van der Waals surface area (Å²) >= 11 is 0. The number of amides is 1. The Hall–Kier alpha value is -1.55. The van der Waals surface area contributed by atoms with E-state index >= 15 is 0 Å². The van der Waals surface area contributed by atoms with Crippen molar-refractivity contribution < 1.29 is 4.79 Å². The average molecular weight is 261 g/mol. The number of aryl methyl sites for hydroxylation is 1. The van der Waals surface area contributed by atoms with Gasteiger partial charge in [0.15, 0.2) is 0 Å². The van der Waals surface area contributed by atoms with Crippen LogP contribution in [0.5, 0.6) is 0 Å². The first-order valence-electron chi connectivity index (χ1n) is 6.88. The molecule has 2 rings (SSSR count). The fraction of sp³-hybridized carbons (Fsp3) is 0.533. The molecule has 0 atom stereocenters. The first kappa shape index (κ1) is 13.9. The lowest BCUT2D eigenvalue weighted by Gasteiger charge is -2.37. The molecule has 2 N–H and O–H groups in total. The van der Waals surface area contributed by atoms with Gasteiger partial charge in [-0.05, 0) is 44.5 Å². The quantitative estimate of drug-likeness (QED) is 0.825. The molecule has 0 spiro atoms. The second kappa shape index (κ2) is 5.61. The summed E-state index contributed by atoms with van der Waals surface area (Å²) in [6.07, 6.45) is 0. The Balaban J connectivity index is 2.05. The first-order chi connectivity index (χ1) is 8.97. The third-order valence-electron chi connectivity index (χ3n) is 3.68. The average Bonchev–Trinajstić information content (AvgIpc) is 2.37. The molecule has 0 saturated carbocycles. The standard InChI is InChI=1S/C15H23N3O/c1-11(2)17-4-6-18(7-5-17)15(19)13-8-12(3)9-14(16)10-13/h8-11H,4-7,16H2,1-3H3. The van der Waals surface area contributed by atoms with Crippen molar-refractivity contribution >= 4 is 11.6 Å². The second-order valence-corrected chi connectivity index (χ2v) is 5.55.